The van der Waals surface area contributed by atoms with E-state index in [9.17, 15) is 9.90 Å². The Morgan fingerprint density at radius 1 is 1.18 bits per heavy atom. The number of benzene rings is 1. The second-order valence-corrected chi connectivity index (χ2v) is 6.02. The van der Waals surface area contributed by atoms with E-state index in [1.807, 2.05) is 24.3 Å². The molecule has 6 heteroatoms. The molecule has 3 heterocycles. The van der Waals surface area contributed by atoms with Crippen LogP contribution < -0.4 is 5.56 Å². The van der Waals surface area contributed by atoms with Crippen molar-refractivity contribution in [3.8, 4) is 5.75 Å². The van der Waals surface area contributed by atoms with Crippen LogP contribution in [0.5, 0.6) is 5.75 Å². The summed E-state index contributed by atoms with van der Waals surface area (Å²) in [4.78, 5) is 21.0. The third-order valence-electron chi connectivity index (χ3n) is 3.48. The number of rotatable bonds is 2. The van der Waals surface area contributed by atoms with Gasteiger partial charge in [0.1, 0.15) is 16.4 Å². The van der Waals surface area contributed by atoms with E-state index in [1.54, 1.807) is 29.7 Å². The van der Waals surface area contributed by atoms with E-state index < -0.39 is 0 Å². The third kappa shape index (κ3) is 2.05. The first kappa shape index (κ1) is 13.0. The number of aromatic nitrogens is 3. The molecule has 0 saturated carbocycles. The Morgan fingerprint density at radius 3 is 2.91 bits per heavy atom. The van der Waals surface area contributed by atoms with Crippen molar-refractivity contribution in [1.82, 2.24) is 14.5 Å². The lowest BCUT2D eigenvalue weighted by Gasteiger charge is -2.08. The summed E-state index contributed by atoms with van der Waals surface area (Å²) in [5.74, 6) is -0.0475. The van der Waals surface area contributed by atoms with Crippen molar-refractivity contribution >= 4 is 32.6 Å². The van der Waals surface area contributed by atoms with Crippen molar-refractivity contribution < 1.29 is 5.11 Å². The van der Waals surface area contributed by atoms with Gasteiger partial charge in [0, 0.05) is 12.3 Å². The Hall–Kier alpha value is -2.73. The normalized spacial score (nSPS) is 11.3. The van der Waals surface area contributed by atoms with Gasteiger partial charge < -0.3 is 5.11 Å². The molecule has 4 aromatic rings. The molecule has 0 bridgehead atoms. The van der Waals surface area contributed by atoms with Crippen molar-refractivity contribution in [2.24, 2.45) is 0 Å². The highest BCUT2D eigenvalue weighted by Gasteiger charge is 2.11. The Kier molecular flexibility index (Phi) is 2.90. The van der Waals surface area contributed by atoms with Crippen molar-refractivity contribution in [2.75, 3.05) is 0 Å². The van der Waals surface area contributed by atoms with Crippen molar-refractivity contribution in [3.05, 3.63) is 64.0 Å². The van der Waals surface area contributed by atoms with Crippen LogP contribution in [-0.4, -0.2) is 19.6 Å². The van der Waals surface area contributed by atoms with E-state index in [1.165, 1.54) is 10.6 Å². The Labute approximate surface area is 129 Å². The molecule has 4 rings (SSSR count). The van der Waals surface area contributed by atoms with Crippen LogP contribution in [-0.2, 0) is 6.54 Å². The van der Waals surface area contributed by atoms with E-state index in [-0.39, 0.29) is 11.3 Å². The molecule has 1 aromatic carbocycles. The first-order valence-corrected chi connectivity index (χ1v) is 7.56. The van der Waals surface area contributed by atoms with Gasteiger partial charge in [0.05, 0.1) is 22.1 Å². The molecule has 5 nitrogen and oxygen atoms in total. The summed E-state index contributed by atoms with van der Waals surface area (Å²) in [5, 5.41) is 11.3. The molecular weight excluding hydrogens is 298 g/mol. The minimum absolute atomic E-state index is 0.0475. The zero-order chi connectivity index (χ0) is 15.1. The van der Waals surface area contributed by atoms with Crippen LogP contribution in [0.15, 0.2) is 53.5 Å². The number of hydrogen-bond acceptors (Lipinski definition) is 5. The maximum atomic E-state index is 12.2. The van der Waals surface area contributed by atoms with Gasteiger partial charge >= 0.3 is 0 Å². The highest BCUT2D eigenvalue weighted by Crippen LogP contribution is 2.24. The first-order valence-electron chi connectivity index (χ1n) is 6.74. The number of aromatic hydroxyl groups is 1. The monoisotopic (exact) mass is 309 g/mol. The smallest absolute Gasteiger partial charge is 0.256 e. The van der Waals surface area contributed by atoms with Gasteiger partial charge in [0.2, 0.25) is 0 Å². The van der Waals surface area contributed by atoms with Crippen LogP contribution in [0, 0.1) is 0 Å². The first-order chi connectivity index (χ1) is 10.7. The van der Waals surface area contributed by atoms with E-state index in [2.05, 4.69) is 9.97 Å². The van der Waals surface area contributed by atoms with Gasteiger partial charge in [-0.2, -0.15) is 0 Å². The second kappa shape index (κ2) is 4.92. The van der Waals surface area contributed by atoms with Gasteiger partial charge in [-0.05, 0) is 24.3 Å². The van der Waals surface area contributed by atoms with E-state index >= 15 is 0 Å². The van der Waals surface area contributed by atoms with Gasteiger partial charge in [-0.25, -0.2) is 9.97 Å². The Balaban J connectivity index is 1.89. The molecule has 0 unspecified atom stereocenters. The minimum Gasteiger partial charge on any atom is -0.507 e. The predicted molar refractivity (Wildman–Crippen MR) is 86.4 cm³/mol. The summed E-state index contributed by atoms with van der Waals surface area (Å²) in [7, 11) is 0. The molecule has 22 heavy (non-hydrogen) atoms. The van der Waals surface area contributed by atoms with Gasteiger partial charge in [0.25, 0.3) is 5.56 Å². The standard InChI is InChI=1S/C16H11N3O2S/c20-12-8-15(21)19(16-10(12)4-3-7-17-16)9-14-18-11-5-1-2-6-13(11)22-14/h1-8,20H,9H2. The van der Waals surface area contributed by atoms with Crippen LogP contribution in [0.25, 0.3) is 21.3 Å². The molecule has 0 amide bonds. The molecule has 0 aliphatic rings. The number of thiazole rings is 1. The summed E-state index contributed by atoms with van der Waals surface area (Å²) in [6.45, 7) is 0.339. The van der Waals surface area contributed by atoms with Gasteiger partial charge in [-0.15, -0.1) is 11.3 Å². The SMILES string of the molecule is O=c1cc(O)c2cccnc2n1Cc1nc2ccccc2s1. The Morgan fingerprint density at radius 2 is 2.05 bits per heavy atom. The fraction of sp³-hybridized carbons (Fsp3) is 0.0625. The quantitative estimate of drug-likeness (QED) is 0.618. The molecule has 3 aromatic heterocycles. The van der Waals surface area contributed by atoms with Crippen LogP contribution in [0.3, 0.4) is 0 Å². The lowest BCUT2D eigenvalue weighted by Crippen LogP contribution is -2.20. The van der Waals surface area contributed by atoms with Crippen molar-refractivity contribution in [2.45, 2.75) is 6.54 Å². The maximum absolute atomic E-state index is 12.2. The zero-order valence-corrected chi connectivity index (χ0v) is 12.2. The number of hydrogen-bond donors (Lipinski definition) is 1. The topological polar surface area (TPSA) is 68.0 Å². The number of pyridine rings is 2. The van der Waals surface area contributed by atoms with Gasteiger partial charge in [0.15, 0.2) is 0 Å². The van der Waals surface area contributed by atoms with Crippen LogP contribution >= 0.6 is 11.3 Å². The molecule has 1 N–H and O–H groups in total. The van der Waals surface area contributed by atoms with Crippen LogP contribution in [0.1, 0.15) is 5.01 Å². The summed E-state index contributed by atoms with van der Waals surface area (Å²) < 4.78 is 2.62. The van der Waals surface area contributed by atoms with Gasteiger partial charge in [-0.3, -0.25) is 9.36 Å². The van der Waals surface area contributed by atoms with Crippen LogP contribution in [0.2, 0.25) is 0 Å². The van der Waals surface area contributed by atoms with Crippen molar-refractivity contribution in [3.63, 3.8) is 0 Å². The van der Waals surface area contributed by atoms with Crippen LogP contribution in [0.4, 0.5) is 0 Å². The summed E-state index contributed by atoms with van der Waals surface area (Å²) in [6, 6.07) is 12.6. The molecule has 0 aliphatic heterocycles. The number of fused-ring (bicyclic) bond motifs is 2. The molecule has 108 valence electrons. The third-order valence-corrected chi connectivity index (χ3v) is 4.50. The largest absolute Gasteiger partial charge is 0.507 e. The fourth-order valence-corrected chi connectivity index (χ4v) is 3.42. The fourth-order valence-electron chi connectivity index (χ4n) is 2.46. The van der Waals surface area contributed by atoms with Crippen molar-refractivity contribution in [1.29, 1.82) is 0 Å². The zero-order valence-electron chi connectivity index (χ0n) is 11.4. The number of para-hydroxylation sites is 1. The maximum Gasteiger partial charge on any atom is 0.256 e. The summed E-state index contributed by atoms with van der Waals surface area (Å²) in [6.07, 6.45) is 1.61. The molecule has 0 spiro atoms. The summed E-state index contributed by atoms with van der Waals surface area (Å²) >= 11 is 1.55. The lowest BCUT2D eigenvalue weighted by atomic mass is 10.2. The van der Waals surface area contributed by atoms with E-state index in [0.29, 0.717) is 17.6 Å². The lowest BCUT2D eigenvalue weighted by molar-refractivity contribution is 0.479. The number of nitrogens with zero attached hydrogens (tertiary/aromatic N) is 3. The predicted octanol–water partition coefficient (Wildman–Crippen LogP) is 2.76. The second-order valence-electron chi connectivity index (χ2n) is 4.90. The molecule has 0 fully saturated rings. The van der Waals surface area contributed by atoms with E-state index in [4.69, 9.17) is 0 Å². The highest BCUT2D eigenvalue weighted by atomic mass is 32.1. The minimum atomic E-state index is -0.289. The average Bonchev–Trinajstić information content (AvgIpc) is 2.94. The molecule has 0 saturated heterocycles. The Bertz CT molecular complexity index is 1020. The molecule has 0 atom stereocenters. The highest BCUT2D eigenvalue weighted by molar-refractivity contribution is 7.18. The average molecular weight is 309 g/mol. The van der Waals surface area contributed by atoms with E-state index in [0.717, 1.165) is 15.2 Å². The molecular formula is C16H11N3O2S. The van der Waals surface area contributed by atoms with Gasteiger partial charge in [-0.1, -0.05) is 12.1 Å². The molecule has 0 aliphatic carbocycles. The summed E-state index contributed by atoms with van der Waals surface area (Å²) in [5.41, 5.74) is 1.10. The molecule has 0 radical (unpaired) electrons.